The molecule has 1 aliphatic rings. The number of aromatic nitrogens is 3. The minimum atomic E-state index is -3.54. The third-order valence-electron chi connectivity index (χ3n) is 5.97. The van der Waals surface area contributed by atoms with Crippen LogP contribution in [0.1, 0.15) is 44.5 Å². The van der Waals surface area contributed by atoms with Gasteiger partial charge in [-0.3, -0.25) is 4.98 Å². The summed E-state index contributed by atoms with van der Waals surface area (Å²) in [4.78, 5) is 9.40. The number of hydrogen-bond donors (Lipinski definition) is 0. The Morgan fingerprint density at radius 1 is 1.16 bits per heavy atom. The Kier molecular flexibility index (Phi) is 5.89. The smallest absolute Gasteiger partial charge is 0.243 e. The summed E-state index contributed by atoms with van der Waals surface area (Å²) in [6.07, 6.45) is 4.28. The first kappa shape index (κ1) is 21.9. The highest BCUT2D eigenvalue weighted by atomic mass is 32.2. The van der Waals surface area contributed by atoms with Crippen LogP contribution in [-0.4, -0.2) is 54.1 Å². The summed E-state index contributed by atoms with van der Waals surface area (Å²) < 4.78 is 35.5. The van der Waals surface area contributed by atoms with E-state index < -0.39 is 10.0 Å². The monoisotopic (exact) mass is 442 g/mol. The molecule has 0 unspecified atom stereocenters. The van der Waals surface area contributed by atoms with Crippen LogP contribution in [0.4, 0.5) is 0 Å². The molecule has 166 valence electrons. The zero-order valence-corrected chi connectivity index (χ0v) is 19.4. The molecule has 0 bridgehead atoms. The molecule has 3 aromatic rings. The van der Waals surface area contributed by atoms with E-state index in [1.165, 1.54) is 0 Å². The van der Waals surface area contributed by atoms with E-state index in [1.807, 2.05) is 24.4 Å². The molecule has 3 heterocycles. The van der Waals surface area contributed by atoms with Crippen molar-refractivity contribution in [3.05, 3.63) is 54.1 Å². The lowest BCUT2D eigenvalue weighted by Gasteiger charge is -2.21. The highest BCUT2D eigenvalue weighted by Gasteiger charge is 2.35. The normalized spacial score (nSPS) is 18.1. The lowest BCUT2D eigenvalue weighted by Crippen LogP contribution is -2.29. The van der Waals surface area contributed by atoms with E-state index in [9.17, 15) is 8.42 Å². The number of fused-ring (bicyclic) bond motifs is 1. The topological polar surface area (TPSA) is 77.3 Å². The molecular weight excluding hydrogens is 412 g/mol. The van der Waals surface area contributed by atoms with Gasteiger partial charge < -0.3 is 9.30 Å². The van der Waals surface area contributed by atoms with Crippen LogP contribution < -0.4 is 0 Å². The second-order valence-electron chi connectivity index (χ2n) is 9.10. The summed E-state index contributed by atoms with van der Waals surface area (Å²) in [6, 6.07) is 9.17. The first-order valence-electron chi connectivity index (χ1n) is 10.6. The molecule has 0 amide bonds. The van der Waals surface area contributed by atoms with Gasteiger partial charge in [-0.25, -0.2) is 13.4 Å². The number of hydrogen-bond acceptors (Lipinski definition) is 5. The molecule has 0 saturated carbocycles. The summed E-state index contributed by atoms with van der Waals surface area (Å²) in [6.45, 7) is 8.48. The summed E-state index contributed by atoms with van der Waals surface area (Å²) >= 11 is 0. The van der Waals surface area contributed by atoms with Gasteiger partial charge in [0, 0.05) is 38.9 Å². The molecular formula is C23H30N4O3S. The fourth-order valence-corrected chi connectivity index (χ4v) is 5.65. The number of nitrogens with zero attached hydrogens (tertiary/aromatic N) is 4. The number of imidazole rings is 1. The minimum absolute atomic E-state index is 0.0167. The van der Waals surface area contributed by atoms with Crippen molar-refractivity contribution in [3.8, 4) is 0 Å². The average molecular weight is 443 g/mol. The fraction of sp³-hybridized carbons (Fsp3) is 0.478. The number of benzene rings is 1. The Morgan fingerprint density at radius 3 is 2.58 bits per heavy atom. The first-order chi connectivity index (χ1) is 14.7. The Morgan fingerprint density at radius 2 is 1.90 bits per heavy atom. The van der Waals surface area contributed by atoms with Crippen molar-refractivity contribution in [2.45, 2.75) is 50.0 Å². The second-order valence-corrected chi connectivity index (χ2v) is 11.0. The molecule has 1 saturated heterocycles. The maximum Gasteiger partial charge on any atom is 0.243 e. The van der Waals surface area contributed by atoms with Gasteiger partial charge in [-0.2, -0.15) is 4.31 Å². The zero-order chi connectivity index (χ0) is 22.2. The third kappa shape index (κ3) is 4.24. The molecule has 1 fully saturated rings. The summed E-state index contributed by atoms with van der Waals surface area (Å²) in [5.41, 5.74) is 2.93. The number of pyridine rings is 1. The van der Waals surface area contributed by atoms with Crippen molar-refractivity contribution in [2.24, 2.45) is 0 Å². The molecule has 4 rings (SSSR count). The van der Waals surface area contributed by atoms with Crippen molar-refractivity contribution >= 4 is 21.1 Å². The number of sulfonamides is 1. The van der Waals surface area contributed by atoms with E-state index >= 15 is 0 Å². The van der Waals surface area contributed by atoms with Crippen LogP contribution in [-0.2, 0) is 26.7 Å². The SMILES string of the molecule is COCCn1c([C@@H]2CCN(S(=O)(=O)c3ccc(C(C)(C)C)cc3)C2)nc2ccncc21. The first-order valence-corrected chi connectivity index (χ1v) is 12.1. The van der Waals surface area contributed by atoms with Crippen LogP contribution in [0.25, 0.3) is 11.0 Å². The van der Waals surface area contributed by atoms with Crippen LogP contribution >= 0.6 is 0 Å². The van der Waals surface area contributed by atoms with E-state index in [2.05, 4.69) is 30.3 Å². The highest BCUT2D eigenvalue weighted by Crippen LogP contribution is 2.33. The molecule has 8 heteroatoms. The predicted octanol–water partition coefficient (Wildman–Crippen LogP) is 3.55. The number of rotatable bonds is 6. The van der Waals surface area contributed by atoms with Crippen LogP contribution in [0.15, 0.2) is 47.6 Å². The predicted molar refractivity (Wildman–Crippen MR) is 121 cm³/mol. The molecule has 1 atom stereocenters. The van der Waals surface area contributed by atoms with Gasteiger partial charge in [0.25, 0.3) is 0 Å². The summed E-state index contributed by atoms with van der Waals surface area (Å²) in [5, 5.41) is 0. The van der Waals surface area contributed by atoms with Gasteiger partial charge in [0.05, 0.1) is 28.7 Å². The Labute approximate surface area is 184 Å². The summed E-state index contributed by atoms with van der Waals surface area (Å²) in [7, 11) is -1.87. The molecule has 0 aliphatic carbocycles. The van der Waals surface area contributed by atoms with Gasteiger partial charge in [-0.05, 0) is 35.6 Å². The molecule has 31 heavy (non-hydrogen) atoms. The number of methoxy groups -OCH3 is 1. The molecule has 2 aromatic heterocycles. The van der Waals surface area contributed by atoms with Gasteiger partial charge >= 0.3 is 0 Å². The Bertz CT molecular complexity index is 1160. The minimum Gasteiger partial charge on any atom is -0.383 e. The maximum absolute atomic E-state index is 13.3. The Hall–Kier alpha value is -2.29. The van der Waals surface area contributed by atoms with Gasteiger partial charge in [-0.1, -0.05) is 32.9 Å². The zero-order valence-electron chi connectivity index (χ0n) is 18.6. The standard InChI is InChI=1S/C23H30N4O3S/c1-23(2,3)18-5-7-19(8-6-18)31(28,29)26-12-10-17(16-26)22-25-20-9-11-24-15-21(20)27(22)13-14-30-4/h5-9,11,15,17H,10,12-14,16H2,1-4H3/t17-/m1/s1. The average Bonchev–Trinajstić information content (AvgIpc) is 3.37. The largest absolute Gasteiger partial charge is 0.383 e. The molecule has 0 N–H and O–H groups in total. The lowest BCUT2D eigenvalue weighted by molar-refractivity contribution is 0.187. The van der Waals surface area contributed by atoms with Gasteiger partial charge in [0.15, 0.2) is 0 Å². The van der Waals surface area contributed by atoms with Crippen molar-refractivity contribution in [1.29, 1.82) is 0 Å². The van der Waals surface area contributed by atoms with Crippen molar-refractivity contribution in [1.82, 2.24) is 18.8 Å². The lowest BCUT2D eigenvalue weighted by atomic mass is 9.87. The van der Waals surface area contributed by atoms with E-state index in [0.717, 1.165) is 28.8 Å². The van der Waals surface area contributed by atoms with Crippen molar-refractivity contribution in [2.75, 3.05) is 26.8 Å². The van der Waals surface area contributed by atoms with Gasteiger partial charge in [0.1, 0.15) is 5.82 Å². The quantitative estimate of drug-likeness (QED) is 0.583. The van der Waals surface area contributed by atoms with E-state index in [0.29, 0.717) is 31.1 Å². The number of ether oxygens (including phenoxy) is 1. The van der Waals surface area contributed by atoms with Gasteiger partial charge in [-0.15, -0.1) is 0 Å². The molecule has 7 nitrogen and oxygen atoms in total. The van der Waals surface area contributed by atoms with Crippen molar-refractivity contribution in [3.63, 3.8) is 0 Å². The molecule has 0 spiro atoms. The molecule has 1 aromatic carbocycles. The van der Waals surface area contributed by atoms with Crippen LogP contribution in [0.5, 0.6) is 0 Å². The van der Waals surface area contributed by atoms with Crippen LogP contribution in [0, 0.1) is 0 Å². The second kappa shape index (κ2) is 8.33. The third-order valence-corrected chi connectivity index (χ3v) is 7.85. The highest BCUT2D eigenvalue weighted by molar-refractivity contribution is 7.89. The fourth-order valence-electron chi connectivity index (χ4n) is 4.15. The molecule has 0 radical (unpaired) electrons. The van der Waals surface area contributed by atoms with E-state index in [4.69, 9.17) is 9.72 Å². The molecule has 1 aliphatic heterocycles. The summed E-state index contributed by atoms with van der Waals surface area (Å²) in [5.74, 6) is 0.939. The van der Waals surface area contributed by atoms with Gasteiger partial charge in [0.2, 0.25) is 10.0 Å². The Balaban J connectivity index is 1.59. The van der Waals surface area contributed by atoms with Crippen LogP contribution in [0.3, 0.4) is 0 Å². The van der Waals surface area contributed by atoms with Crippen molar-refractivity contribution < 1.29 is 13.2 Å². The van der Waals surface area contributed by atoms with E-state index in [-0.39, 0.29) is 11.3 Å². The van der Waals surface area contributed by atoms with E-state index in [1.54, 1.807) is 29.7 Å². The maximum atomic E-state index is 13.3. The van der Waals surface area contributed by atoms with Crippen LogP contribution in [0.2, 0.25) is 0 Å².